The Balaban J connectivity index is 1.50. The van der Waals surface area contributed by atoms with Crippen LogP contribution in [-0.4, -0.2) is 37.3 Å². The van der Waals surface area contributed by atoms with Crippen LogP contribution in [0.2, 0.25) is 0 Å². The van der Waals surface area contributed by atoms with Crippen molar-refractivity contribution in [1.82, 2.24) is 20.3 Å². The molecule has 2 amide bonds. The van der Waals surface area contributed by atoms with Gasteiger partial charge in [0.05, 0.1) is 29.3 Å². The lowest BCUT2D eigenvalue weighted by Crippen LogP contribution is -2.47. The van der Waals surface area contributed by atoms with Gasteiger partial charge in [-0.2, -0.15) is 0 Å². The Labute approximate surface area is 181 Å². The van der Waals surface area contributed by atoms with Crippen LogP contribution in [0.15, 0.2) is 47.8 Å². The van der Waals surface area contributed by atoms with E-state index in [-0.39, 0.29) is 0 Å². The summed E-state index contributed by atoms with van der Waals surface area (Å²) in [5, 5.41) is 12.2. The number of anilines is 2. The summed E-state index contributed by atoms with van der Waals surface area (Å²) in [6, 6.07) is 7.76. The predicted molar refractivity (Wildman–Crippen MR) is 113 cm³/mol. The first-order chi connectivity index (χ1) is 14.9. The number of thioether (sulfide) groups is 1. The summed E-state index contributed by atoms with van der Waals surface area (Å²) in [6.45, 7) is 3.67. The van der Waals surface area contributed by atoms with Crippen molar-refractivity contribution in [3.63, 3.8) is 0 Å². The fourth-order valence-electron chi connectivity index (χ4n) is 3.71. The van der Waals surface area contributed by atoms with E-state index in [1.54, 1.807) is 37.5 Å². The summed E-state index contributed by atoms with van der Waals surface area (Å²) in [5.41, 5.74) is 3.36. The molecule has 0 saturated carbocycles. The van der Waals surface area contributed by atoms with Crippen LogP contribution in [0.25, 0.3) is 0 Å². The van der Waals surface area contributed by atoms with Gasteiger partial charge in [0.2, 0.25) is 5.88 Å². The van der Waals surface area contributed by atoms with E-state index in [9.17, 15) is 14.7 Å². The molecule has 5 rings (SSSR count). The number of aryl methyl sites for hydroxylation is 2. The molecule has 0 bridgehead atoms. The maximum absolute atomic E-state index is 13.0. The number of amides is 2. The molecule has 0 aromatic carbocycles. The topological polar surface area (TPSA) is 118 Å². The number of carbonyl (C=O) groups is 2. The van der Waals surface area contributed by atoms with Gasteiger partial charge in [-0.3, -0.25) is 14.7 Å². The molecule has 2 aliphatic heterocycles. The lowest BCUT2D eigenvalue weighted by Gasteiger charge is -2.34. The van der Waals surface area contributed by atoms with Crippen LogP contribution in [0, 0.1) is 13.8 Å². The van der Waals surface area contributed by atoms with E-state index >= 15 is 0 Å². The zero-order valence-electron chi connectivity index (χ0n) is 16.6. The highest BCUT2D eigenvalue weighted by molar-refractivity contribution is 8.00. The van der Waals surface area contributed by atoms with Crippen LogP contribution in [0.3, 0.4) is 0 Å². The van der Waals surface area contributed by atoms with E-state index < -0.39 is 23.3 Å². The highest BCUT2D eigenvalue weighted by atomic mass is 32.2. The first kappa shape index (κ1) is 19.3. The molecule has 0 spiro atoms. The lowest BCUT2D eigenvalue weighted by atomic mass is 10.0. The van der Waals surface area contributed by atoms with Gasteiger partial charge in [0.25, 0.3) is 0 Å². The molecule has 2 aliphatic rings. The quantitative estimate of drug-likeness (QED) is 0.636. The second kappa shape index (κ2) is 7.24. The Morgan fingerprint density at radius 1 is 1.16 bits per heavy atom. The number of pyridine rings is 3. The van der Waals surface area contributed by atoms with Crippen molar-refractivity contribution in [2.24, 2.45) is 0 Å². The van der Waals surface area contributed by atoms with E-state index in [4.69, 9.17) is 4.74 Å². The first-order valence-electron chi connectivity index (χ1n) is 9.49. The molecule has 2 atom stereocenters. The maximum Gasteiger partial charge on any atom is 0.327 e. The number of rotatable bonds is 4. The molecule has 10 heteroatoms. The van der Waals surface area contributed by atoms with E-state index in [1.807, 2.05) is 19.1 Å². The average molecular weight is 435 g/mol. The molecule has 0 aliphatic carbocycles. The summed E-state index contributed by atoms with van der Waals surface area (Å²) in [4.78, 5) is 39.2. The number of ether oxygens (including phenoxy) is 1. The Morgan fingerprint density at radius 3 is 2.71 bits per heavy atom. The summed E-state index contributed by atoms with van der Waals surface area (Å²) in [7, 11) is 0. The summed E-state index contributed by atoms with van der Waals surface area (Å²) in [5.74, 6) is -0.0474. The van der Waals surface area contributed by atoms with Crippen molar-refractivity contribution in [3.8, 4) is 11.6 Å². The molecular formula is C21H17N5O4S. The zero-order chi connectivity index (χ0) is 21.7. The molecule has 2 N–H and O–H groups in total. The van der Waals surface area contributed by atoms with Gasteiger partial charge in [-0.05, 0) is 38.1 Å². The molecular weight excluding hydrogens is 418 g/mol. The van der Waals surface area contributed by atoms with Crippen LogP contribution in [0.5, 0.6) is 11.6 Å². The van der Waals surface area contributed by atoms with E-state index in [0.29, 0.717) is 39.3 Å². The minimum Gasteiger partial charge on any atom is -0.480 e. The van der Waals surface area contributed by atoms with Crippen LogP contribution in [-0.2, 0) is 4.79 Å². The number of carboxylic acid groups (broad SMARTS) is 1. The molecule has 3 aromatic heterocycles. The standard InChI is InChI=1S/C21H17N5O4S/c1-10-3-4-12(9-23-10)30-15-6-5-13(11(2)24-15)26-14-7-8-22-19-16(14)17(25-21(26)29)18(31-19)20(27)28/h3-9,17-18H,1-2H3,(H,25,29)(H,27,28). The van der Waals surface area contributed by atoms with Gasteiger partial charge in [0.1, 0.15) is 16.0 Å². The molecule has 156 valence electrons. The molecule has 0 fully saturated rings. The van der Waals surface area contributed by atoms with Gasteiger partial charge in [0, 0.05) is 23.5 Å². The van der Waals surface area contributed by atoms with Gasteiger partial charge >= 0.3 is 12.0 Å². The monoisotopic (exact) mass is 435 g/mol. The number of hydrogen-bond donors (Lipinski definition) is 2. The van der Waals surface area contributed by atoms with Crippen LogP contribution in [0.1, 0.15) is 23.0 Å². The fraction of sp³-hybridized carbons (Fsp3) is 0.190. The SMILES string of the molecule is Cc1ccc(Oc2ccc(N3C(=O)NC4c5c3ccnc5SC4C(=O)O)c(C)n2)cn1. The summed E-state index contributed by atoms with van der Waals surface area (Å²) < 4.78 is 5.77. The minimum absolute atomic E-state index is 0.378. The number of carboxylic acids is 1. The van der Waals surface area contributed by atoms with E-state index in [2.05, 4.69) is 20.3 Å². The van der Waals surface area contributed by atoms with Gasteiger partial charge in [0.15, 0.2) is 0 Å². The highest BCUT2D eigenvalue weighted by Gasteiger charge is 2.46. The Bertz CT molecular complexity index is 1220. The Kier molecular flexibility index (Phi) is 4.51. The number of nitrogens with one attached hydrogen (secondary N) is 1. The Hall–Kier alpha value is -3.66. The second-order valence-corrected chi connectivity index (χ2v) is 8.31. The van der Waals surface area contributed by atoms with Gasteiger partial charge < -0.3 is 15.2 Å². The molecule has 0 saturated heterocycles. The van der Waals surface area contributed by atoms with Crippen molar-refractivity contribution in [2.75, 3.05) is 4.90 Å². The number of carbonyl (C=O) groups excluding carboxylic acids is 1. The third-order valence-electron chi connectivity index (χ3n) is 5.13. The molecule has 2 unspecified atom stereocenters. The highest BCUT2D eigenvalue weighted by Crippen LogP contribution is 2.50. The van der Waals surface area contributed by atoms with E-state index in [0.717, 1.165) is 17.5 Å². The third kappa shape index (κ3) is 3.25. The van der Waals surface area contributed by atoms with Crippen molar-refractivity contribution in [1.29, 1.82) is 0 Å². The van der Waals surface area contributed by atoms with Gasteiger partial charge in [-0.25, -0.2) is 14.8 Å². The molecule has 9 nitrogen and oxygen atoms in total. The molecule has 3 aromatic rings. The lowest BCUT2D eigenvalue weighted by molar-refractivity contribution is -0.136. The number of aliphatic carboxylic acids is 1. The zero-order valence-corrected chi connectivity index (χ0v) is 17.4. The number of hydrogen-bond acceptors (Lipinski definition) is 7. The number of nitrogens with zero attached hydrogens (tertiary/aromatic N) is 4. The first-order valence-corrected chi connectivity index (χ1v) is 10.4. The van der Waals surface area contributed by atoms with Crippen molar-refractivity contribution in [3.05, 3.63) is 59.7 Å². The smallest absolute Gasteiger partial charge is 0.327 e. The summed E-state index contributed by atoms with van der Waals surface area (Å²) in [6.07, 6.45) is 3.20. The average Bonchev–Trinajstić information content (AvgIpc) is 3.11. The number of aromatic nitrogens is 3. The molecule has 31 heavy (non-hydrogen) atoms. The maximum atomic E-state index is 13.0. The number of urea groups is 1. The largest absolute Gasteiger partial charge is 0.480 e. The van der Waals surface area contributed by atoms with Crippen LogP contribution in [0.4, 0.5) is 16.2 Å². The van der Waals surface area contributed by atoms with Gasteiger partial charge in [-0.15, -0.1) is 0 Å². The van der Waals surface area contributed by atoms with E-state index in [1.165, 1.54) is 4.90 Å². The predicted octanol–water partition coefficient (Wildman–Crippen LogP) is 3.74. The van der Waals surface area contributed by atoms with Crippen molar-refractivity contribution >= 4 is 35.1 Å². The Morgan fingerprint density at radius 2 is 2.00 bits per heavy atom. The minimum atomic E-state index is -0.988. The van der Waals surface area contributed by atoms with Crippen molar-refractivity contribution < 1.29 is 19.4 Å². The van der Waals surface area contributed by atoms with Gasteiger partial charge in [-0.1, -0.05) is 11.8 Å². The van der Waals surface area contributed by atoms with Crippen LogP contribution >= 0.6 is 11.8 Å². The normalized spacial score (nSPS) is 19.0. The summed E-state index contributed by atoms with van der Waals surface area (Å²) >= 11 is 1.15. The second-order valence-electron chi connectivity index (χ2n) is 7.18. The third-order valence-corrected chi connectivity index (χ3v) is 6.41. The molecule has 5 heterocycles. The fourth-order valence-corrected chi connectivity index (χ4v) is 4.87. The van der Waals surface area contributed by atoms with Crippen LogP contribution < -0.4 is 15.0 Å². The van der Waals surface area contributed by atoms with Crippen molar-refractivity contribution in [2.45, 2.75) is 30.2 Å². The molecule has 0 radical (unpaired) electrons.